The molecule has 140 valence electrons. The lowest BCUT2D eigenvalue weighted by molar-refractivity contribution is 0.0922. The van der Waals surface area contributed by atoms with Gasteiger partial charge in [-0.3, -0.25) is 4.79 Å². The highest BCUT2D eigenvalue weighted by Crippen LogP contribution is 2.23. The first-order valence-corrected chi connectivity index (χ1v) is 9.10. The van der Waals surface area contributed by atoms with Crippen molar-refractivity contribution in [1.29, 1.82) is 0 Å². The number of carbonyl (C=O) groups excluding carboxylic acids is 1. The molecule has 1 N–H and O–H groups in total. The van der Waals surface area contributed by atoms with E-state index in [-0.39, 0.29) is 11.9 Å². The van der Waals surface area contributed by atoms with Crippen LogP contribution in [0.5, 0.6) is 5.75 Å². The van der Waals surface area contributed by atoms with Gasteiger partial charge in [0.1, 0.15) is 11.4 Å². The predicted octanol–water partition coefficient (Wildman–Crippen LogP) is 4.32. The van der Waals surface area contributed by atoms with E-state index in [0.717, 1.165) is 22.7 Å². The highest BCUT2D eigenvalue weighted by molar-refractivity contribution is 5.94. The number of nitrogens with zero attached hydrogens (tertiary/aromatic N) is 2. The van der Waals surface area contributed by atoms with Crippen LogP contribution >= 0.6 is 0 Å². The maximum Gasteiger partial charge on any atom is 0.270 e. The molecule has 1 aromatic heterocycles. The fraction of sp³-hybridized carbons (Fsp3) is 0.273. The Balaban J connectivity index is 2.03. The summed E-state index contributed by atoms with van der Waals surface area (Å²) in [5.41, 5.74) is 3.04. The SMILES string of the molecule is COc1ccc(-n2nc(-c3ccccc3)cc2C(=O)NC(C)C(C)C)cc1. The first-order chi connectivity index (χ1) is 13.0. The summed E-state index contributed by atoms with van der Waals surface area (Å²) in [5.74, 6) is 0.968. The molecule has 5 heteroatoms. The summed E-state index contributed by atoms with van der Waals surface area (Å²) in [7, 11) is 1.63. The van der Waals surface area contributed by atoms with Crippen LogP contribution in [0.3, 0.4) is 0 Å². The van der Waals surface area contributed by atoms with Crippen molar-refractivity contribution in [3.8, 4) is 22.7 Å². The van der Waals surface area contributed by atoms with Gasteiger partial charge in [0.25, 0.3) is 5.91 Å². The normalized spacial score (nSPS) is 12.0. The van der Waals surface area contributed by atoms with Crippen LogP contribution in [0.15, 0.2) is 60.7 Å². The van der Waals surface area contributed by atoms with E-state index in [1.165, 1.54) is 0 Å². The topological polar surface area (TPSA) is 56.2 Å². The zero-order valence-electron chi connectivity index (χ0n) is 16.1. The number of hydrogen-bond donors (Lipinski definition) is 1. The first-order valence-electron chi connectivity index (χ1n) is 9.10. The lowest BCUT2D eigenvalue weighted by Gasteiger charge is -2.17. The molecule has 2 aromatic carbocycles. The molecule has 0 spiro atoms. The number of carbonyl (C=O) groups is 1. The zero-order valence-corrected chi connectivity index (χ0v) is 16.1. The van der Waals surface area contributed by atoms with E-state index in [9.17, 15) is 4.79 Å². The van der Waals surface area contributed by atoms with E-state index in [1.54, 1.807) is 11.8 Å². The van der Waals surface area contributed by atoms with Crippen molar-refractivity contribution in [1.82, 2.24) is 15.1 Å². The lowest BCUT2D eigenvalue weighted by Crippen LogP contribution is -2.37. The highest BCUT2D eigenvalue weighted by Gasteiger charge is 2.20. The summed E-state index contributed by atoms with van der Waals surface area (Å²) in [5, 5.41) is 7.76. The van der Waals surface area contributed by atoms with Crippen LogP contribution in [-0.4, -0.2) is 28.8 Å². The van der Waals surface area contributed by atoms with Gasteiger partial charge in [-0.15, -0.1) is 0 Å². The Bertz CT molecular complexity index is 899. The monoisotopic (exact) mass is 363 g/mol. The van der Waals surface area contributed by atoms with E-state index in [4.69, 9.17) is 9.84 Å². The number of rotatable bonds is 6. The van der Waals surface area contributed by atoms with Crippen molar-refractivity contribution in [2.24, 2.45) is 5.92 Å². The van der Waals surface area contributed by atoms with Gasteiger partial charge >= 0.3 is 0 Å². The van der Waals surface area contributed by atoms with E-state index < -0.39 is 0 Å². The Morgan fingerprint density at radius 1 is 1.04 bits per heavy atom. The van der Waals surface area contributed by atoms with Gasteiger partial charge in [0.15, 0.2) is 0 Å². The van der Waals surface area contributed by atoms with Gasteiger partial charge < -0.3 is 10.1 Å². The second kappa shape index (κ2) is 8.08. The molecule has 0 saturated carbocycles. The van der Waals surface area contributed by atoms with E-state index in [0.29, 0.717) is 11.6 Å². The van der Waals surface area contributed by atoms with Gasteiger partial charge in [0, 0.05) is 11.6 Å². The maximum absolute atomic E-state index is 12.9. The number of amides is 1. The summed E-state index contributed by atoms with van der Waals surface area (Å²) in [6.07, 6.45) is 0. The number of methoxy groups -OCH3 is 1. The van der Waals surface area contributed by atoms with Crippen molar-refractivity contribution in [3.05, 3.63) is 66.4 Å². The molecule has 1 atom stereocenters. The van der Waals surface area contributed by atoms with Crippen LogP contribution in [0.4, 0.5) is 0 Å². The molecule has 3 aromatic rings. The molecule has 27 heavy (non-hydrogen) atoms. The molecular formula is C22H25N3O2. The summed E-state index contributed by atoms with van der Waals surface area (Å²) >= 11 is 0. The van der Waals surface area contributed by atoms with Gasteiger partial charge in [-0.2, -0.15) is 5.10 Å². The first kappa shape index (κ1) is 18.7. The van der Waals surface area contributed by atoms with E-state index >= 15 is 0 Å². The van der Waals surface area contributed by atoms with Crippen LogP contribution < -0.4 is 10.1 Å². The lowest BCUT2D eigenvalue weighted by atomic mass is 10.1. The largest absolute Gasteiger partial charge is 0.497 e. The third-order valence-electron chi connectivity index (χ3n) is 4.69. The zero-order chi connectivity index (χ0) is 19.4. The average Bonchev–Trinajstić information content (AvgIpc) is 3.14. The molecule has 0 aliphatic heterocycles. The van der Waals surface area contributed by atoms with Crippen LogP contribution in [0, 0.1) is 5.92 Å². The quantitative estimate of drug-likeness (QED) is 0.709. The van der Waals surface area contributed by atoms with Crippen molar-refractivity contribution >= 4 is 5.91 Å². The number of nitrogens with one attached hydrogen (secondary N) is 1. The Hall–Kier alpha value is -3.08. The van der Waals surface area contributed by atoms with Crippen molar-refractivity contribution < 1.29 is 9.53 Å². The Labute approximate surface area is 160 Å². The molecule has 0 saturated heterocycles. The Morgan fingerprint density at radius 3 is 2.30 bits per heavy atom. The van der Waals surface area contributed by atoms with Gasteiger partial charge in [-0.25, -0.2) is 4.68 Å². The molecule has 1 heterocycles. The third kappa shape index (κ3) is 4.19. The Kier molecular flexibility index (Phi) is 5.60. The Morgan fingerprint density at radius 2 is 1.70 bits per heavy atom. The molecule has 5 nitrogen and oxygen atoms in total. The van der Waals surface area contributed by atoms with Crippen molar-refractivity contribution in [2.45, 2.75) is 26.8 Å². The van der Waals surface area contributed by atoms with Gasteiger partial charge in [0.2, 0.25) is 0 Å². The number of aromatic nitrogens is 2. The summed E-state index contributed by atoms with van der Waals surface area (Å²) in [6, 6.07) is 19.3. The summed E-state index contributed by atoms with van der Waals surface area (Å²) in [4.78, 5) is 12.9. The molecule has 0 bridgehead atoms. The van der Waals surface area contributed by atoms with Crippen LogP contribution in [-0.2, 0) is 0 Å². The van der Waals surface area contributed by atoms with Crippen LogP contribution in [0.25, 0.3) is 16.9 Å². The number of benzene rings is 2. The molecular weight excluding hydrogens is 338 g/mol. The molecule has 0 fully saturated rings. The molecule has 1 amide bonds. The van der Waals surface area contributed by atoms with Crippen LogP contribution in [0.1, 0.15) is 31.3 Å². The molecule has 0 radical (unpaired) electrons. The molecule has 0 aliphatic carbocycles. The van der Waals surface area contributed by atoms with Gasteiger partial charge in [-0.05, 0) is 43.2 Å². The standard InChI is InChI=1S/C22H25N3O2/c1-15(2)16(3)23-22(26)21-14-20(17-8-6-5-7-9-17)24-25(21)18-10-12-19(27-4)13-11-18/h5-16H,1-4H3,(H,23,26). The second-order valence-corrected chi connectivity index (χ2v) is 6.90. The second-order valence-electron chi connectivity index (χ2n) is 6.90. The highest BCUT2D eigenvalue weighted by atomic mass is 16.5. The van der Waals surface area contributed by atoms with E-state index in [1.807, 2.05) is 67.6 Å². The fourth-order valence-electron chi connectivity index (χ4n) is 2.66. The molecule has 0 aliphatic rings. The smallest absolute Gasteiger partial charge is 0.270 e. The minimum atomic E-state index is -0.137. The van der Waals surface area contributed by atoms with Gasteiger partial charge in [0.05, 0.1) is 18.5 Å². The van der Waals surface area contributed by atoms with Crippen molar-refractivity contribution in [2.75, 3.05) is 7.11 Å². The number of ether oxygens (including phenoxy) is 1. The summed E-state index contributed by atoms with van der Waals surface area (Å²) in [6.45, 7) is 6.18. The molecule has 3 rings (SSSR count). The summed E-state index contributed by atoms with van der Waals surface area (Å²) < 4.78 is 6.91. The van der Waals surface area contributed by atoms with Crippen molar-refractivity contribution in [3.63, 3.8) is 0 Å². The van der Waals surface area contributed by atoms with Gasteiger partial charge in [-0.1, -0.05) is 44.2 Å². The third-order valence-corrected chi connectivity index (χ3v) is 4.69. The minimum absolute atomic E-state index is 0.0666. The molecule has 1 unspecified atom stereocenters. The van der Waals surface area contributed by atoms with Crippen LogP contribution in [0.2, 0.25) is 0 Å². The maximum atomic E-state index is 12.9. The van der Waals surface area contributed by atoms with E-state index in [2.05, 4.69) is 19.2 Å². The predicted molar refractivity (Wildman–Crippen MR) is 107 cm³/mol. The number of hydrogen-bond acceptors (Lipinski definition) is 3. The fourth-order valence-corrected chi connectivity index (χ4v) is 2.66. The minimum Gasteiger partial charge on any atom is -0.497 e. The average molecular weight is 363 g/mol.